The zero-order valence-electron chi connectivity index (χ0n) is 8.59. The molecule has 0 spiro atoms. The molecule has 0 atom stereocenters. The number of anilines is 1. The molecule has 0 aliphatic heterocycles. The highest BCUT2D eigenvalue weighted by Crippen LogP contribution is 2.16. The number of carbonyl (C=O) groups is 1. The summed E-state index contributed by atoms with van der Waals surface area (Å²) in [5.41, 5.74) is 11.9. The summed E-state index contributed by atoms with van der Waals surface area (Å²) in [6, 6.07) is 0. The van der Waals surface area contributed by atoms with E-state index >= 15 is 0 Å². The maximum Gasteiger partial charge on any atom is 0.252 e. The van der Waals surface area contributed by atoms with E-state index in [0.717, 1.165) is 5.56 Å². The van der Waals surface area contributed by atoms with Crippen LogP contribution in [-0.4, -0.2) is 10.5 Å². The minimum absolute atomic E-state index is 0.424. The SMILES string of the molecule is CC.Cc1cn(C)c(N)c1C(N)=O. The number of primary amides is 1. The number of amides is 1. The molecule has 0 saturated heterocycles. The summed E-state index contributed by atoms with van der Waals surface area (Å²) in [6.07, 6.45) is 1.77. The molecule has 0 aromatic carbocycles. The van der Waals surface area contributed by atoms with E-state index in [9.17, 15) is 4.79 Å². The van der Waals surface area contributed by atoms with Crippen LogP contribution in [0, 0.1) is 6.92 Å². The van der Waals surface area contributed by atoms with Crippen molar-refractivity contribution >= 4 is 11.7 Å². The fraction of sp³-hybridized carbons (Fsp3) is 0.444. The predicted molar refractivity (Wildman–Crippen MR) is 54.4 cm³/mol. The van der Waals surface area contributed by atoms with E-state index in [1.165, 1.54) is 0 Å². The summed E-state index contributed by atoms with van der Waals surface area (Å²) in [5.74, 6) is -0.0457. The lowest BCUT2D eigenvalue weighted by Crippen LogP contribution is -2.14. The summed E-state index contributed by atoms with van der Waals surface area (Å²) >= 11 is 0. The third-order valence-corrected chi connectivity index (χ3v) is 1.66. The monoisotopic (exact) mass is 183 g/mol. The van der Waals surface area contributed by atoms with Crippen molar-refractivity contribution in [2.45, 2.75) is 20.8 Å². The van der Waals surface area contributed by atoms with Crippen molar-refractivity contribution in [2.24, 2.45) is 12.8 Å². The van der Waals surface area contributed by atoms with E-state index in [4.69, 9.17) is 11.5 Å². The molecule has 1 amide bonds. The van der Waals surface area contributed by atoms with Gasteiger partial charge in [0.25, 0.3) is 5.91 Å². The Balaban J connectivity index is 0.000000671. The van der Waals surface area contributed by atoms with Crippen LogP contribution in [0.1, 0.15) is 29.8 Å². The number of nitrogens with zero attached hydrogens (tertiary/aromatic N) is 1. The summed E-state index contributed by atoms with van der Waals surface area (Å²) in [6.45, 7) is 5.80. The minimum Gasteiger partial charge on any atom is -0.384 e. The Kier molecular flexibility index (Phi) is 4.04. The van der Waals surface area contributed by atoms with E-state index in [2.05, 4.69) is 0 Å². The summed E-state index contributed by atoms with van der Waals surface area (Å²) in [4.78, 5) is 10.8. The summed E-state index contributed by atoms with van der Waals surface area (Å²) < 4.78 is 1.68. The molecular formula is C9H17N3O. The third-order valence-electron chi connectivity index (χ3n) is 1.66. The van der Waals surface area contributed by atoms with Crippen LogP contribution in [0.15, 0.2) is 6.20 Å². The second-order valence-electron chi connectivity index (χ2n) is 2.55. The largest absolute Gasteiger partial charge is 0.384 e. The Labute approximate surface area is 78.5 Å². The smallest absolute Gasteiger partial charge is 0.252 e. The van der Waals surface area contributed by atoms with Crippen LogP contribution < -0.4 is 11.5 Å². The van der Waals surface area contributed by atoms with Crippen LogP contribution in [0.25, 0.3) is 0 Å². The topological polar surface area (TPSA) is 74.0 Å². The van der Waals surface area contributed by atoms with Gasteiger partial charge < -0.3 is 16.0 Å². The van der Waals surface area contributed by atoms with Crippen molar-refractivity contribution in [2.75, 3.05) is 5.73 Å². The maximum atomic E-state index is 10.8. The first-order chi connectivity index (χ1) is 6.04. The third kappa shape index (κ3) is 2.24. The molecule has 0 bridgehead atoms. The van der Waals surface area contributed by atoms with Gasteiger partial charge in [-0.15, -0.1) is 0 Å². The van der Waals surface area contributed by atoms with Crippen LogP contribution in [0.2, 0.25) is 0 Å². The zero-order valence-corrected chi connectivity index (χ0v) is 8.59. The molecule has 0 aliphatic rings. The van der Waals surface area contributed by atoms with Gasteiger partial charge >= 0.3 is 0 Å². The molecular weight excluding hydrogens is 166 g/mol. The molecule has 0 saturated carbocycles. The number of carbonyl (C=O) groups excluding carboxylic acids is 1. The lowest BCUT2D eigenvalue weighted by atomic mass is 10.2. The molecule has 4 nitrogen and oxygen atoms in total. The molecule has 0 radical (unpaired) electrons. The van der Waals surface area contributed by atoms with Crippen molar-refractivity contribution in [3.63, 3.8) is 0 Å². The summed E-state index contributed by atoms with van der Waals surface area (Å²) in [5, 5.41) is 0. The summed E-state index contributed by atoms with van der Waals surface area (Å²) in [7, 11) is 1.77. The van der Waals surface area contributed by atoms with Gasteiger partial charge in [-0.2, -0.15) is 0 Å². The van der Waals surface area contributed by atoms with Crippen LogP contribution in [-0.2, 0) is 7.05 Å². The second-order valence-corrected chi connectivity index (χ2v) is 2.55. The lowest BCUT2D eigenvalue weighted by Gasteiger charge is -1.96. The molecule has 4 heteroatoms. The fourth-order valence-corrected chi connectivity index (χ4v) is 1.12. The highest BCUT2D eigenvalue weighted by atomic mass is 16.1. The van der Waals surface area contributed by atoms with E-state index < -0.39 is 5.91 Å². The number of nitrogens with two attached hydrogens (primary N) is 2. The Hall–Kier alpha value is -1.45. The van der Waals surface area contributed by atoms with Crippen molar-refractivity contribution < 1.29 is 4.79 Å². The molecule has 0 aliphatic carbocycles. The van der Waals surface area contributed by atoms with Gasteiger partial charge in [0.1, 0.15) is 5.82 Å². The minimum atomic E-state index is -0.472. The molecule has 0 fully saturated rings. The Morgan fingerprint density at radius 1 is 1.46 bits per heavy atom. The van der Waals surface area contributed by atoms with Gasteiger partial charge in [-0.25, -0.2) is 0 Å². The molecule has 1 aromatic heterocycles. The highest BCUT2D eigenvalue weighted by Gasteiger charge is 2.12. The number of nitrogen functional groups attached to an aromatic ring is 1. The Morgan fingerprint density at radius 2 is 1.92 bits per heavy atom. The first kappa shape index (κ1) is 11.6. The van der Waals surface area contributed by atoms with Crippen molar-refractivity contribution in [3.05, 3.63) is 17.3 Å². The highest BCUT2D eigenvalue weighted by molar-refractivity contribution is 5.99. The first-order valence-electron chi connectivity index (χ1n) is 4.25. The molecule has 1 rings (SSSR count). The van der Waals surface area contributed by atoms with E-state index in [0.29, 0.717) is 11.4 Å². The molecule has 13 heavy (non-hydrogen) atoms. The molecule has 4 N–H and O–H groups in total. The standard InChI is InChI=1S/C7H11N3O.C2H6/c1-4-3-10(2)6(8)5(4)7(9)11;1-2/h3H,8H2,1-2H3,(H2,9,11);1-2H3. The van der Waals surface area contributed by atoms with E-state index in [1.807, 2.05) is 13.8 Å². The van der Waals surface area contributed by atoms with Crippen LogP contribution >= 0.6 is 0 Å². The normalized spacial score (nSPS) is 8.92. The number of rotatable bonds is 1. The molecule has 74 valence electrons. The lowest BCUT2D eigenvalue weighted by molar-refractivity contribution is 0.100. The predicted octanol–water partition coefficient (Wildman–Crippen LogP) is 1.04. The fourth-order valence-electron chi connectivity index (χ4n) is 1.12. The van der Waals surface area contributed by atoms with Gasteiger partial charge in [0, 0.05) is 13.2 Å². The first-order valence-corrected chi connectivity index (χ1v) is 4.25. The number of hydrogen-bond acceptors (Lipinski definition) is 2. The molecule has 1 heterocycles. The van der Waals surface area contributed by atoms with Gasteiger partial charge in [0.05, 0.1) is 5.56 Å². The Bertz CT molecular complexity index is 302. The zero-order chi connectivity index (χ0) is 10.6. The van der Waals surface area contributed by atoms with Crippen molar-refractivity contribution in [1.29, 1.82) is 0 Å². The average molecular weight is 183 g/mol. The van der Waals surface area contributed by atoms with Crippen molar-refractivity contribution in [1.82, 2.24) is 4.57 Å². The van der Waals surface area contributed by atoms with Gasteiger partial charge in [-0.1, -0.05) is 13.8 Å². The molecule has 0 unspecified atom stereocenters. The van der Waals surface area contributed by atoms with Crippen LogP contribution in [0.3, 0.4) is 0 Å². The molecule has 1 aromatic rings. The van der Waals surface area contributed by atoms with Crippen LogP contribution in [0.4, 0.5) is 5.82 Å². The van der Waals surface area contributed by atoms with Crippen molar-refractivity contribution in [3.8, 4) is 0 Å². The Morgan fingerprint density at radius 3 is 2.08 bits per heavy atom. The number of aryl methyl sites for hydroxylation is 2. The number of aromatic nitrogens is 1. The number of hydrogen-bond donors (Lipinski definition) is 2. The quantitative estimate of drug-likeness (QED) is 0.682. The van der Waals surface area contributed by atoms with E-state index in [1.54, 1.807) is 24.7 Å². The van der Waals surface area contributed by atoms with Gasteiger partial charge in [-0.05, 0) is 12.5 Å². The average Bonchev–Trinajstić information content (AvgIpc) is 2.30. The van der Waals surface area contributed by atoms with E-state index in [-0.39, 0.29) is 0 Å². The van der Waals surface area contributed by atoms with Gasteiger partial charge in [0.15, 0.2) is 0 Å². The van der Waals surface area contributed by atoms with Gasteiger partial charge in [0.2, 0.25) is 0 Å². The van der Waals surface area contributed by atoms with Crippen LogP contribution in [0.5, 0.6) is 0 Å². The second kappa shape index (κ2) is 4.54. The van der Waals surface area contributed by atoms with Gasteiger partial charge in [-0.3, -0.25) is 4.79 Å². The maximum absolute atomic E-state index is 10.8.